The maximum atomic E-state index is 12.0. The van der Waals surface area contributed by atoms with Crippen molar-refractivity contribution in [3.8, 4) is 0 Å². The number of carbonyl (C=O) groups excluding carboxylic acids is 2. The summed E-state index contributed by atoms with van der Waals surface area (Å²) in [5, 5.41) is 2.84. The lowest BCUT2D eigenvalue weighted by Gasteiger charge is -2.27. The number of amides is 3. The van der Waals surface area contributed by atoms with Crippen molar-refractivity contribution in [1.82, 2.24) is 4.90 Å². The van der Waals surface area contributed by atoms with E-state index in [1.807, 2.05) is 54.6 Å². The molecule has 3 N–H and O–H groups in total. The van der Waals surface area contributed by atoms with Gasteiger partial charge in [-0.25, -0.2) is 4.79 Å². The van der Waals surface area contributed by atoms with E-state index in [4.69, 9.17) is 5.73 Å². The number of anilines is 1. The molecule has 1 aliphatic carbocycles. The fourth-order valence-electron chi connectivity index (χ4n) is 2.89. The van der Waals surface area contributed by atoms with Gasteiger partial charge < -0.3 is 16.0 Å². The van der Waals surface area contributed by atoms with Gasteiger partial charge in [0.1, 0.15) is 0 Å². The summed E-state index contributed by atoms with van der Waals surface area (Å²) in [4.78, 5) is 25.1. The lowest BCUT2D eigenvalue weighted by atomic mass is 10.0. The molecule has 0 unspecified atom stereocenters. The van der Waals surface area contributed by atoms with E-state index in [2.05, 4.69) is 5.32 Å². The van der Waals surface area contributed by atoms with Gasteiger partial charge in [-0.15, -0.1) is 0 Å². The van der Waals surface area contributed by atoms with E-state index in [1.165, 1.54) is 0 Å². The molecule has 2 aromatic rings. The fourth-order valence-corrected chi connectivity index (χ4v) is 2.89. The van der Waals surface area contributed by atoms with Gasteiger partial charge >= 0.3 is 6.03 Å². The first-order chi connectivity index (χ1) is 11.5. The molecular formula is C19H20N3O2. The number of urea groups is 1. The van der Waals surface area contributed by atoms with Crippen molar-refractivity contribution in [2.24, 2.45) is 5.73 Å². The number of hydrogen-bond acceptors (Lipinski definition) is 2. The molecule has 1 radical (unpaired) electrons. The summed E-state index contributed by atoms with van der Waals surface area (Å²) in [6.07, 6.45) is 3.36. The number of nitrogens with zero attached hydrogens (tertiary/aromatic N) is 1. The summed E-state index contributed by atoms with van der Waals surface area (Å²) in [7, 11) is 1.72. The highest BCUT2D eigenvalue weighted by molar-refractivity contribution is 5.99. The predicted octanol–water partition coefficient (Wildman–Crippen LogP) is 2.88. The van der Waals surface area contributed by atoms with Gasteiger partial charge in [0.15, 0.2) is 0 Å². The second-order valence-corrected chi connectivity index (χ2v) is 6.05. The van der Waals surface area contributed by atoms with Crippen LogP contribution in [0.4, 0.5) is 10.5 Å². The van der Waals surface area contributed by atoms with Crippen molar-refractivity contribution in [2.75, 3.05) is 12.4 Å². The molecule has 0 atom stereocenters. The molecule has 5 heteroatoms. The van der Waals surface area contributed by atoms with Gasteiger partial charge in [-0.1, -0.05) is 42.5 Å². The summed E-state index contributed by atoms with van der Waals surface area (Å²) in [5.74, 6) is -0.177. The second-order valence-electron chi connectivity index (χ2n) is 6.05. The molecule has 3 rings (SSSR count). The van der Waals surface area contributed by atoms with Crippen molar-refractivity contribution >= 4 is 17.6 Å². The largest absolute Gasteiger partial charge is 0.351 e. The number of rotatable bonds is 5. The Morgan fingerprint density at radius 3 is 2.25 bits per heavy atom. The van der Waals surface area contributed by atoms with Gasteiger partial charge in [-0.05, 0) is 36.1 Å². The minimum absolute atomic E-state index is 0.177. The van der Waals surface area contributed by atoms with Gasteiger partial charge in [0.2, 0.25) is 5.91 Å². The van der Waals surface area contributed by atoms with Crippen LogP contribution in [0.15, 0.2) is 54.6 Å². The standard InChI is InChI=1S/C19H20N3O2/c1-22(18(20)24)19(11-12-19)15-7-9-16(10-8-15)21-17(23)13-14-5-3-2-4-6-14/h2-10,13H,11-12H2,1H3,(H2,20,24)(H,21,23). The van der Waals surface area contributed by atoms with Crippen LogP contribution in [-0.2, 0) is 10.3 Å². The Labute approximate surface area is 141 Å². The number of primary amides is 1. The molecule has 2 aromatic carbocycles. The minimum Gasteiger partial charge on any atom is -0.351 e. The van der Waals surface area contributed by atoms with E-state index < -0.39 is 6.03 Å². The van der Waals surface area contributed by atoms with Crippen molar-refractivity contribution < 1.29 is 9.59 Å². The summed E-state index contributed by atoms with van der Waals surface area (Å²) < 4.78 is 0. The van der Waals surface area contributed by atoms with E-state index in [1.54, 1.807) is 18.4 Å². The summed E-state index contributed by atoms with van der Waals surface area (Å²) in [6, 6.07) is 16.6. The van der Waals surface area contributed by atoms with Crippen LogP contribution < -0.4 is 11.1 Å². The number of nitrogens with one attached hydrogen (secondary N) is 1. The maximum absolute atomic E-state index is 12.0. The molecule has 3 amide bonds. The molecule has 0 saturated heterocycles. The zero-order valence-corrected chi connectivity index (χ0v) is 13.5. The zero-order chi connectivity index (χ0) is 17.2. The lowest BCUT2D eigenvalue weighted by Crippen LogP contribution is -2.40. The molecule has 0 spiro atoms. The SMILES string of the molecule is CN(C(N)=O)C1(c2ccc(NC(=O)[CH]c3ccccc3)cc2)CC1. The summed E-state index contributed by atoms with van der Waals surface area (Å²) >= 11 is 0. The van der Waals surface area contributed by atoms with Crippen molar-refractivity contribution in [3.63, 3.8) is 0 Å². The molecule has 5 nitrogen and oxygen atoms in total. The number of nitrogens with two attached hydrogens (primary N) is 1. The summed E-state index contributed by atoms with van der Waals surface area (Å²) in [5.41, 5.74) is 7.71. The Hall–Kier alpha value is -2.82. The number of hydrogen-bond donors (Lipinski definition) is 2. The van der Waals surface area contributed by atoms with Crippen LogP contribution in [-0.4, -0.2) is 23.9 Å². The lowest BCUT2D eigenvalue weighted by molar-refractivity contribution is -0.112. The molecule has 1 aliphatic rings. The van der Waals surface area contributed by atoms with Gasteiger partial charge in [0.25, 0.3) is 0 Å². The van der Waals surface area contributed by atoms with Crippen LogP contribution in [0.2, 0.25) is 0 Å². The van der Waals surface area contributed by atoms with Crippen LogP contribution in [0, 0.1) is 6.42 Å². The third-order valence-electron chi connectivity index (χ3n) is 4.48. The Morgan fingerprint density at radius 1 is 1.08 bits per heavy atom. The first-order valence-corrected chi connectivity index (χ1v) is 7.86. The van der Waals surface area contributed by atoms with Crippen LogP contribution in [0.1, 0.15) is 24.0 Å². The minimum atomic E-state index is -0.428. The average molecular weight is 322 g/mol. The van der Waals surface area contributed by atoms with Crippen LogP contribution in [0.25, 0.3) is 0 Å². The zero-order valence-electron chi connectivity index (χ0n) is 13.5. The van der Waals surface area contributed by atoms with Gasteiger partial charge in [0.05, 0.1) is 12.0 Å². The maximum Gasteiger partial charge on any atom is 0.315 e. The van der Waals surface area contributed by atoms with Crippen LogP contribution in [0.3, 0.4) is 0 Å². The fraction of sp³-hybridized carbons (Fsp3) is 0.211. The predicted molar refractivity (Wildman–Crippen MR) is 93.2 cm³/mol. The highest BCUT2D eigenvalue weighted by atomic mass is 16.2. The molecular weight excluding hydrogens is 302 g/mol. The highest BCUT2D eigenvalue weighted by Gasteiger charge is 2.49. The Bertz CT molecular complexity index is 737. The van der Waals surface area contributed by atoms with E-state index >= 15 is 0 Å². The van der Waals surface area contributed by atoms with E-state index in [9.17, 15) is 9.59 Å². The highest BCUT2D eigenvalue weighted by Crippen LogP contribution is 2.50. The molecule has 0 bridgehead atoms. The normalized spacial score (nSPS) is 14.7. The van der Waals surface area contributed by atoms with E-state index in [0.29, 0.717) is 5.69 Å². The first kappa shape index (κ1) is 16.1. The monoisotopic (exact) mass is 322 g/mol. The third kappa shape index (κ3) is 3.25. The van der Waals surface area contributed by atoms with E-state index in [0.717, 1.165) is 24.0 Å². The average Bonchev–Trinajstić information content (AvgIpc) is 3.37. The van der Waals surface area contributed by atoms with Crippen molar-refractivity contribution in [1.29, 1.82) is 0 Å². The van der Waals surface area contributed by atoms with Crippen LogP contribution in [0.5, 0.6) is 0 Å². The molecule has 24 heavy (non-hydrogen) atoms. The third-order valence-corrected chi connectivity index (χ3v) is 4.48. The Kier molecular flexibility index (Phi) is 4.25. The molecule has 0 heterocycles. The molecule has 0 aromatic heterocycles. The number of benzene rings is 2. The topological polar surface area (TPSA) is 75.4 Å². The van der Waals surface area contributed by atoms with Crippen molar-refractivity contribution in [2.45, 2.75) is 18.4 Å². The Morgan fingerprint density at radius 2 is 1.71 bits per heavy atom. The molecule has 0 aliphatic heterocycles. The van der Waals surface area contributed by atoms with Gasteiger partial charge in [-0.3, -0.25) is 4.79 Å². The van der Waals surface area contributed by atoms with Crippen molar-refractivity contribution in [3.05, 3.63) is 72.1 Å². The van der Waals surface area contributed by atoms with Gasteiger partial charge in [0, 0.05) is 12.7 Å². The van der Waals surface area contributed by atoms with Gasteiger partial charge in [-0.2, -0.15) is 0 Å². The smallest absolute Gasteiger partial charge is 0.315 e. The summed E-state index contributed by atoms with van der Waals surface area (Å²) in [6.45, 7) is 0. The molecule has 1 fully saturated rings. The van der Waals surface area contributed by atoms with Crippen LogP contribution >= 0.6 is 0 Å². The quantitative estimate of drug-likeness (QED) is 0.888. The molecule has 1 saturated carbocycles. The second kappa shape index (κ2) is 6.35. The number of carbonyl (C=O) groups is 2. The first-order valence-electron chi connectivity index (χ1n) is 7.86. The molecule has 123 valence electrons. The Balaban J connectivity index is 1.65. The van der Waals surface area contributed by atoms with E-state index in [-0.39, 0.29) is 11.4 Å².